The minimum atomic E-state index is -4.83. The van der Waals surface area contributed by atoms with Gasteiger partial charge in [0.25, 0.3) is 0 Å². The molecule has 222 valence electrons. The molecule has 1 unspecified atom stereocenters. The highest BCUT2D eigenvalue weighted by Crippen LogP contribution is 2.17. The molecule has 0 aliphatic carbocycles. The number of carbonyl (C=O) groups excluding carboxylic acids is 2. The number of carbonyl (C=O) groups is 4. The van der Waals surface area contributed by atoms with Crippen molar-refractivity contribution in [3.63, 3.8) is 0 Å². The van der Waals surface area contributed by atoms with Gasteiger partial charge >= 0.3 is 28.3 Å². The molecule has 0 aromatic carbocycles. The number of carboxylic acids is 2. The van der Waals surface area contributed by atoms with Crippen molar-refractivity contribution in [2.24, 2.45) is 5.92 Å². The molecule has 0 aromatic heterocycles. The quantitative estimate of drug-likeness (QED) is 0.0818. The van der Waals surface area contributed by atoms with E-state index in [1.54, 1.807) is 0 Å². The van der Waals surface area contributed by atoms with E-state index in [0.29, 0.717) is 13.0 Å². The number of unbranched alkanes of at least 4 members (excludes halogenated alkanes) is 15. The third-order valence-corrected chi connectivity index (χ3v) is 6.72. The van der Waals surface area contributed by atoms with Crippen LogP contribution in [-0.4, -0.2) is 53.5 Å². The summed E-state index contributed by atoms with van der Waals surface area (Å²) in [4.78, 5) is 44.4. The Morgan fingerprint density at radius 2 is 1.08 bits per heavy atom. The van der Waals surface area contributed by atoms with Crippen molar-refractivity contribution in [3.8, 4) is 0 Å². The predicted octanol–water partition coefficient (Wildman–Crippen LogP) is 5.04. The highest BCUT2D eigenvalue weighted by atomic mass is 32.3. The molecular formula is C26H47NO10S. The third kappa shape index (κ3) is 25.4. The average Bonchev–Trinajstić information content (AvgIpc) is 2.82. The molecule has 1 amide bonds. The summed E-state index contributed by atoms with van der Waals surface area (Å²) >= 11 is 0. The zero-order valence-electron chi connectivity index (χ0n) is 22.5. The summed E-state index contributed by atoms with van der Waals surface area (Å²) in [6, 6.07) is 0. The third-order valence-electron chi connectivity index (χ3n) is 6.33. The van der Waals surface area contributed by atoms with Crippen LogP contribution < -0.4 is 5.32 Å². The van der Waals surface area contributed by atoms with Crippen LogP contribution >= 0.6 is 0 Å². The smallest absolute Gasteiger partial charge is 0.448 e. The molecule has 11 nitrogen and oxygen atoms in total. The summed E-state index contributed by atoms with van der Waals surface area (Å²) in [5.41, 5.74) is 0. The first-order chi connectivity index (χ1) is 18.0. The monoisotopic (exact) mass is 565 g/mol. The Kier molecular flexibility index (Phi) is 21.4. The Labute approximate surface area is 227 Å². The molecule has 0 aliphatic rings. The summed E-state index contributed by atoms with van der Waals surface area (Å²) < 4.78 is 32.9. The number of amides is 1. The minimum Gasteiger partial charge on any atom is -0.481 e. The van der Waals surface area contributed by atoms with E-state index < -0.39 is 40.6 Å². The fourth-order valence-electron chi connectivity index (χ4n) is 4.21. The topological polar surface area (TPSA) is 184 Å². The van der Waals surface area contributed by atoms with Gasteiger partial charge in [-0.15, -0.1) is 0 Å². The van der Waals surface area contributed by atoms with Crippen LogP contribution in [-0.2, 0) is 33.8 Å². The van der Waals surface area contributed by atoms with E-state index >= 15 is 0 Å². The van der Waals surface area contributed by atoms with Crippen molar-refractivity contribution in [1.82, 2.24) is 5.32 Å². The van der Waals surface area contributed by atoms with Gasteiger partial charge in [-0.2, -0.15) is 8.42 Å². The van der Waals surface area contributed by atoms with Crippen molar-refractivity contribution in [2.45, 2.75) is 128 Å². The maximum absolute atomic E-state index is 11.6. The average molecular weight is 566 g/mol. The standard InChI is InChI=1S/C26H47NO10S/c28-23(18-19-25(31)37-38(34,35)36)27-20-16-14-12-10-8-6-4-2-1-3-5-7-9-11-13-15-17-22(26(32)33)21-24(29)30/h22H,1-21H2,(H,27,28)(H,29,30)(H,32,33)(H,34,35,36). The second kappa shape index (κ2) is 22.7. The SMILES string of the molecule is O=C(O)CC(CCCCCCCCCCCCCCCCCCNC(=O)CCC(=O)OS(=O)(=O)O)C(=O)O. The Morgan fingerprint density at radius 1 is 0.658 bits per heavy atom. The second-order valence-electron chi connectivity index (χ2n) is 9.81. The summed E-state index contributed by atoms with van der Waals surface area (Å²) in [7, 11) is -4.83. The van der Waals surface area contributed by atoms with E-state index in [0.717, 1.165) is 44.9 Å². The highest BCUT2D eigenvalue weighted by molar-refractivity contribution is 7.81. The molecule has 0 fully saturated rings. The number of hydrogen-bond acceptors (Lipinski definition) is 7. The molecular weight excluding hydrogens is 518 g/mol. The van der Waals surface area contributed by atoms with Gasteiger partial charge in [0.2, 0.25) is 5.91 Å². The lowest BCUT2D eigenvalue weighted by molar-refractivity contribution is -0.148. The summed E-state index contributed by atoms with van der Waals surface area (Å²) in [6.45, 7) is 0.504. The van der Waals surface area contributed by atoms with Gasteiger partial charge in [-0.25, -0.2) is 0 Å². The molecule has 12 heteroatoms. The molecule has 0 radical (unpaired) electrons. The van der Waals surface area contributed by atoms with Gasteiger partial charge in [-0.05, 0) is 12.8 Å². The summed E-state index contributed by atoms with van der Waals surface area (Å²) in [6.07, 6.45) is 17.4. The molecule has 4 N–H and O–H groups in total. The van der Waals surface area contributed by atoms with Crippen LogP contribution in [0.5, 0.6) is 0 Å². The fraction of sp³-hybridized carbons (Fsp3) is 0.846. The molecule has 0 aliphatic heterocycles. The molecule has 0 bridgehead atoms. The molecule has 0 aromatic rings. The Bertz CT molecular complexity index is 785. The zero-order valence-corrected chi connectivity index (χ0v) is 23.4. The summed E-state index contributed by atoms with van der Waals surface area (Å²) in [5.74, 6) is -4.38. The van der Waals surface area contributed by atoms with E-state index in [9.17, 15) is 27.6 Å². The van der Waals surface area contributed by atoms with Crippen molar-refractivity contribution in [3.05, 3.63) is 0 Å². The number of carboxylic acid groups (broad SMARTS) is 2. The molecule has 0 heterocycles. The molecule has 1 atom stereocenters. The van der Waals surface area contributed by atoms with Crippen molar-refractivity contribution >= 4 is 34.2 Å². The maximum atomic E-state index is 11.6. The van der Waals surface area contributed by atoms with Gasteiger partial charge in [0.1, 0.15) is 0 Å². The van der Waals surface area contributed by atoms with Crippen LogP contribution in [0, 0.1) is 5.92 Å². The van der Waals surface area contributed by atoms with E-state index in [2.05, 4.69) is 9.50 Å². The molecule has 0 saturated heterocycles. The zero-order chi connectivity index (χ0) is 28.7. The van der Waals surface area contributed by atoms with Crippen LogP contribution in [0.2, 0.25) is 0 Å². The van der Waals surface area contributed by atoms with Crippen molar-refractivity contribution < 1.29 is 46.5 Å². The van der Waals surface area contributed by atoms with Gasteiger partial charge in [0.15, 0.2) is 0 Å². The molecule has 0 spiro atoms. The fourth-order valence-corrected chi connectivity index (χ4v) is 4.52. The van der Waals surface area contributed by atoms with Gasteiger partial charge in [-0.3, -0.25) is 23.7 Å². The first-order valence-corrected chi connectivity index (χ1v) is 15.3. The van der Waals surface area contributed by atoms with Crippen LogP contribution in [0.15, 0.2) is 0 Å². The Hall–Kier alpha value is -2.21. The second-order valence-corrected chi connectivity index (χ2v) is 10.8. The maximum Gasteiger partial charge on any atom is 0.448 e. The van der Waals surface area contributed by atoms with E-state index in [4.69, 9.17) is 14.8 Å². The van der Waals surface area contributed by atoms with Crippen molar-refractivity contribution in [1.29, 1.82) is 0 Å². The van der Waals surface area contributed by atoms with Crippen LogP contribution in [0.3, 0.4) is 0 Å². The lowest BCUT2D eigenvalue weighted by atomic mass is 9.97. The van der Waals surface area contributed by atoms with Gasteiger partial charge < -0.3 is 19.7 Å². The Morgan fingerprint density at radius 3 is 1.47 bits per heavy atom. The normalized spacial score (nSPS) is 12.1. The predicted molar refractivity (Wildman–Crippen MR) is 142 cm³/mol. The van der Waals surface area contributed by atoms with Crippen LogP contribution in [0.1, 0.15) is 128 Å². The first-order valence-electron chi connectivity index (χ1n) is 13.9. The van der Waals surface area contributed by atoms with Crippen LogP contribution in [0.4, 0.5) is 0 Å². The molecule has 38 heavy (non-hydrogen) atoms. The number of rotatable bonds is 26. The van der Waals surface area contributed by atoms with E-state index in [1.807, 2.05) is 0 Å². The largest absolute Gasteiger partial charge is 0.481 e. The molecule has 0 rings (SSSR count). The number of hydrogen-bond donors (Lipinski definition) is 4. The minimum absolute atomic E-state index is 0.192. The van der Waals surface area contributed by atoms with Gasteiger partial charge in [-0.1, -0.05) is 96.3 Å². The highest BCUT2D eigenvalue weighted by Gasteiger charge is 2.20. The number of nitrogens with one attached hydrogen (secondary N) is 1. The van der Waals surface area contributed by atoms with Gasteiger partial charge in [0, 0.05) is 13.0 Å². The van der Waals surface area contributed by atoms with Crippen molar-refractivity contribution in [2.75, 3.05) is 6.54 Å². The van der Waals surface area contributed by atoms with Crippen LogP contribution in [0.25, 0.3) is 0 Å². The van der Waals surface area contributed by atoms with E-state index in [-0.39, 0.29) is 18.7 Å². The van der Waals surface area contributed by atoms with E-state index in [1.165, 1.54) is 57.8 Å². The molecule has 0 saturated carbocycles. The summed E-state index contributed by atoms with van der Waals surface area (Å²) in [5, 5.41) is 20.4. The lowest BCUT2D eigenvalue weighted by Crippen LogP contribution is -2.25. The first kappa shape index (κ1) is 35.8. The number of aliphatic carboxylic acids is 2. The lowest BCUT2D eigenvalue weighted by Gasteiger charge is -2.09. The Balaban J connectivity index is 3.36. The van der Waals surface area contributed by atoms with Gasteiger partial charge in [0.05, 0.1) is 18.8 Å².